The van der Waals surface area contributed by atoms with Crippen LogP contribution in [0.15, 0.2) is 30.9 Å². The molecule has 1 atom stereocenters. The van der Waals surface area contributed by atoms with E-state index >= 15 is 0 Å². The summed E-state index contributed by atoms with van der Waals surface area (Å²) in [6.07, 6.45) is 5.26. The van der Waals surface area contributed by atoms with Crippen LogP contribution in [0.2, 0.25) is 0 Å². The van der Waals surface area contributed by atoms with Crippen LogP contribution in [0.5, 0.6) is 11.5 Å². The number of rotatable bonds is 5. The van der Waals surface area contributed by atoms with Gasteiger partial charge in [-0.15, -0.1) is 6.58 Å². The summed E-state index contributed by atoms with van der Waals surface area (Å²) in [4.78, 5) is 0. The van der Waals surface area contributed by atoms with E-state index in [0.717, 1.165) is 37.4 Å². The first-order chi connectivity index (χ1) is 8.83. The van der Waals surface area contributed by atoms with E-state index in [4.69, 9.17) is 9.47 Å². The summed E-state index contributed by atoms with van der Waals surface area (Å²) in [5, 5.41) is 3.35. The van der Waals surface area contributed by atoms with Gasteiger partial charge in [0.2, 0.25) is 0 Å². The molecule has 1 heterocycles. The highest BCUT2D eigenvalue weighted by molar-refractivity contribution is 5.43. The van der Waals surface area contributed by atoms with Crippen LogP contribution in [-0.4, -0.2) is 26.3 Å². The molecule has 1 aliphatic heterocycles. The summed E-state index contributed by atoms with van der Waals surface area (Å²) < 4.78 is 11.4. The van der Waals surface area contributed by atoms with E-state index in [1.54, 1.807) is 7.11 Å². The fraction of sp³-hybridized carbons (Fsp3) is 0.467. The minimum Gasteiger partial charge on any atom is -0.493 e. The molecule has 18 heavy (non-hydrogen) atoms. The lowest BCUT2D eigenvalue weighted by Crippen LogP contribution is -2.37. The normalized spacial score (nSPS) is 19.3. The number of piperidine rings is 1. The highest BCUT2D eigenvalue weighted by Gasteiger charge is 2.16. The van der Waals surface area contributed by atoms with Gasteiger partial charge in [-0.2, -0.15) is 0 Å². The molecule has 1 aromatic rings. The van der Waals surface area contributed by atoms with Crippen LogP contribution in [0.3, 0.4) is 0 Å². The molecule has 0 unspecified atom stereocenters. The van der Waals surface area contributed by atoms with E-state index in [-0.39, 0.29) is 6.10 Å². The molecule has 0 bridgehead atoms. The molecule has 0 radical (unpaired) electrons. The zero-order valence-electron chi connectivity index (χ0n) is 10.9. The maximum Gasteiger partial charge on any atom is 0.161 e. The molecular formula is C15H21NO2. The first kappa shape index (κ1) is 13.0. The second-order valence-electron chi connectivity index (χ2n) is 4.56. The second-order valence-corrected chi connectivity index (χ2v) is 4.56. The number of benzene rings is 1. The van der Waals surface area contributed by atoms with Gasteiger partial charge < -0.3 is 14.8 Å². The predicted octanol–water partition coefficient (Wildman–Crippen LogP) is 2.55. The lowest BCUT2D eigenvalue weighted by atomic mass is 10.1. The maximum absolute atomic E-state index is 6.00. The van der Waals surface area contributed by atoms with E-state index in [2.05, 4.69) is 18.0 Å². The van der Waals surface area contributed by atoms with E-state index in [9.17, 15) is 0 Å². The van der Waals surface area contributed by atoms with Gasteiger partial charge >= 0.3 is 0 Å². The molecule has 1 aliphatic rings. The zero-order valence-corrected chi connectivity index (χ0v) is 10.9. The third-order valence-electron chi connectivity index (χ3n) is 3.15. The van der Waals surface area contributed by atoms with E-state index in [1.165, 1.54) is 12.0 Å². The SMILES string of the molecule is C=CCc1ccc(O[C@H]2CCCNC2)c(OC)c1. The number of allylic oxidation sites excluding steroid dienone is 1. The second kappa shape index (κ2) is 6.45. The molecular weight excluding hydrogens is 226 g/mol. The van der Waals surface area contributed by atoms with Crippen LogP contribution in [0, 0.1) is 0 Å². The molecule has 1 fully saturated rings. The molecule has 0 aromatic heterocycles. The minimum atomic E-state index is 0.248. The number of methoxy groups -OCH3 is 1. The smallest absolute Gasteiger partial charge is 0.161 e. The van der Waals surface area contributed by atoms with Crippen molar-refractivity contribution in [2.24, 2.45) is 0 Å². The Labute approximate surface area is 109 Å². The minimum absolute atomic E-state index is 0.248. The Morgan fingerprint density at radius 1 is 1.44 bits per heavy atom. The van der Waals surface area contributed by atoms with Gasteiger partial charge in [0, 0.05) is 6.54 Å². The summed E-state index contributed by atoms with van der Waals surface area (Å²) in [5.74, 6) is 1.64. The number of ether oxygens (including phenoxy) is 2. The van der Waals surface area contributed by atoms with Crippen LogP contribution in [-0.2, 0) is 6.42 Å². The highest BCUT2D eigenvalue weighted by Crippen LogP contribution is 2.30. The van der Waals surface area contributed by atoms with Crippen LogP contribution < -0.4 is 14.8 Å². The van der Waals surface area contributed by atoms with Crippen molar-refractivity contribution in [3.05, 3.63) is 36.4 Å². The monoisotopic (exact) mass is 247 g/mol. The summed E-state index contributed by atoms with van der Waals surface area (Å²) in [7, 11) is 1.68. The molecule has 1 aromatic carbocycles. The summed E-state index contributed by atoms with van der Waals surface area (Å²) in [5.41, 5.74) is 1.19. The summed E-state index contributed by atoms with van der Waals surface area (Å²) >= 11 is 0. The van der Waals surface area contributed by atoms with Crippen molar-refractivity contribution in [3.8, 4) is 11.5 Å². The predicted molar refractivity (Wildman–Crippen MR) is 73.4 cm³/mol. The van der Waals surface area contributed by atoms with Crippen molar-refractivity contribution in [1.29, 1.82) is 0 Å². The summed E-state index contributed by atoms with van der Waals surface area (Å²) in [6, 6.07) is 6.08. The molecule has 0 spiro atoms. The zero-order chi connectivity index (χ0) is 12.8. The average molecular weight is 247 g/mol. The van der Waals surface area contributed by atoms with Crippen LogP contribution in [0.4, 0.5) is 0 Å². The number of hydrogen-bond donors (Lipinski definition) is 1. The Hall–Kier alpha value is -1.48. The molecule has 0 amide bonds. The van der Waals surface area contributed by atoms with Crippen LogP contribution in [0.25, 0.3) is 0 Å². The van der Waals surface area contributed by atoms with Gasteiger partial charge in [0.05, 0.1) is 7.11 Å². The Balaban J connectivity index is 2.08. The van der Waals surface area contributed by atoms with Crippen LogP contribution in [0.1, 0.15) is 18.4 Å². The molecule has 2 rings (SSSR count). The molecule has 0 saturated carbocycles. The fourth-order valence-electron chi connectivity index (χ4n) is 2.20. The lowest BCUT2D eigenvalue weighted by Gasteiger charge is -2.24. The Morgan fingerprint density at radius 2 is 2.33 bits per heavy atom. The molecule has 3 heteroatoms. The van der Waals surface area contributed by atoms with E-state index in [1.807, 2.05) is 18.2 Å². The third-order valence-corrected chi connectivity index (χ3v) is 3.15. The van der Waals surface area contributed by atoms with Crippen molar-refractivity contribution in [3.63, 3.8) is 0 Å². The van der Waals surface area contributed by atoms with Crippen molar-refractivity contribution in [2.45, 2.75) is 25.4 Å². The van der Waals surface area contributed by atoms with Crippen molar-refractivity contribution in [2.75, 3.05) is 20.2 Å². The fourth-order valence-corrected chi connectivity index (χ4v) is 2.20. The number of hydrogen-bond acceptors (Lipinski definition) is 3. The Bertz CT molecular complexity index is 397. The van der Waals surface area contributed by atoms with Gasteiger partial charge in [0.15, 0.2) is 11.5 Å². The average Bonchev–Trinajstić information content (AvgIpc) is 2.42. The van der Waals surface area contributed by atoms with E-state index < -0.39 is 0 Å². The van der Waals surface area contributed by atoms with Gasteiger partial charge in [-0.1, -0.05) is 12.1 Å². The molecule has 3 nitrogen and oxygen atoms in total. The van der Waals surface area contributed by atoms with Crippen molar-refractivity contribution in [1.82, 2.24) is 5.32 Å². The first-order valence-electron chi connectivity index (χ1n) is 6.48. The first-order valence-corrected chi connectivity index (χ1v) is 6.48. The highest BCUT2D eigenvalue weighted by atomic mass is 16.5. The molecule has 98 valence electrons. The Kier molecular flexibility index (Phi) is 4.65. The quantitative estimate of drug-likeness (QED) is 0.811. The van der Waals surface area contributed by atoms with Crippen molar-refractivity contribution < 1.29 is 9.47 Å². The van der Waals surface area contributed by atoms with Gasteiger partial charge in [-0.25, -0.2) is 0 Å². The number of nitrogens with one attached hydrogen (secondary N) is 1. The van der Waals surface area contributed by atoms with E-state index in [0.29, 0.717) is 0 Å². The third kappa shape index (κ3) is 3.26. The molecule has 1 saturated heterocycles. The van der Waals surface area contributed by atoms with Gasteiger partial charge in [0.1, 0.15) is 6.10 Å². The molecule has 1 N–H and O–H groups in total. The van der Waals surface area contributed by atoms with Gasteiger partial charge in [0.25, 0.3) is 0 Å². The van der Waals surface area contributed by atoms with Crippen molar-refractivity contribution >= 4 is 0 Å². The Morgan fingerprint density at radius 3 is 3.00 bits per heavy atom. The largest absolute Gasteiger partial charge is 0.493 e. The lowest BCUT2D eigenvalue weighted by molar-refractivity contribution is 0.161. The topological polar surface area (TPSA) is 30.5 Å². The van der Waals surface area contributed by atoms with Crippen LogP contribution >= 0.6 is 0 Å². The standard InChI is InChI=1S/C15H21NO2/c1-3-5-12-7-8-14(15(10-12)17-2)18-13-6-4-9-16-11-13/h3,7-8,10,13,16H,1,4-6,9,11H2,2H3/t13-/m0/s1. The summed E-state index contributed by atoms with van der Waals surface area (Å²) in [6.45, 7) is 5.75. The molecule has 0 aliphatic carbocycles. The van der Waals surface area contributed by atoms with Gasteiger partial charge in [-0.3, -0.25) is 0 Å². The maximum atomic E-state index is 6.00. The van der Waals surface area contributed by atoms with Gasteiger partial charge in [-0.05, 0) is 43.5 Å².